The smallest absolute Gasteiger partial charge is 0.320 e. The predicted molar refractivity (Wildman–Crippen MR) is 133 cm³/mol. The minimum atomic E-state index is -1.71. The van der Waals surface area contributed by atoms with Crippen molar-refractivity contribution in [2.24, 2.45) is 4.99 Å². The van der Waals surface area contributed by atoms with Crippen molar-refractivity contribution in [1.29, 1.82) is 0 Å². The van der Waals surface area contributed by atoms with Crippen LogP contribution in [-0.4, -0.2) is 103 Å². The lowest BCUT2D eigenvalue weighted by Crippen LogP contribution is -2.46. The number of fused-ring (bicyclic) bond motifs is 1. The van der Waals surface area contributed by atoms with Crippen LogP contribution in [0.15, 0.2) is 29.3 Å². The summed E-state index contributed by atoms with van der Waals surface area (Å²) in [5.74, 6) is 0.219. The van der Waals surface area contributed by atoms with Crippen molar-refractivity contribution >= 4 is 35.4 Å². The molecule has 4 atom stereocenters. The second kappa shape index (κ2) is 12.8. The SMILES string of the molecule is COCCOc1nc(N)c2[nH]c(=S)n(Cc3ccc(CN=CC(O)C(O)C(O)C(O)CO)cc3)c2n1. The molecule has 14 heteroatoms. The number of aromatic amines is 1. The van der Waals surface area contributed by atoms with Gasteiger partial charge in [0.1, 0.15) is 36.5 Å². The lowest BCUT2D eigenvalue weighted by atomic mass is 10.0. The number of nitrogens with two attached hydrogens (primary N) is 1. The van der Waals surface area contributed by atoms with Gasteiger partial charge in [0.2, 0.25) is 0 Å². The van der Waals surface area contributed by atoms with Gasteiger partial charge in [0.15, 0.2) is 16.2 Å². The van der Waals surface area contributed by atoms with Gasteiger partial charge in [-0.25, -0.2) is 0 Å². The Bertz CT molecular complexity index is 1220. The fourth-order valence-electron chi connectivity index (χ4n) is 3.28. The van der Waals surface area contributed by atoms with E-state index in [9.17, 15) is 20.4 Å². The van der Waals surface area contributed by atoms with Crippen molar-refractivity contribution in [2.75, 3.05) is 32.7 Å². The first-order valence-corrected chi connectivity index (χ1v) is 11.4. The third-order valence-electron chi connectivity index (χ3n) is 5.33. The van der Waals surface area contributed by atoms with E-state index in [4.69, 9.17) is 32.5 Å². The Kier molecular flexibility index (Phi) is 9.83. The van der Waals surface area contributed by atoms with E-state index in [2.05, 4.69) is 19.9 Å². The number of rotatable bonds is 13. The van der Waals surface area contributed by atoms with Crippen molar-refractivity contribution in [3.8, 4) is 6.01 Å². The number of hydrogen-bond acceptors (Lipinski definition) is 12. The fraction of sp³-hybridized carbons (Fsp3) is 0.455. The van der Waals surface area contributed by atoms with Gasteiger partial charge in [0, 0.05) is 13.3 Å². The number of hydrogen-bond donors (Lipinski definition) is 7. The summed E-state index contributed by atoms with van der Waals surface area (Å²) in [4.78, 5) is 15.7. The van der Waals surface area contributed by atoms with E-state index in [1.165, 1.54) is 0 Å². The van der Waals surface area contributed by atoms with Crippen LogP contribution in [0.4, 0.5) is 5.82 Å². The summed E-state index contributed by atoms with van der Waals surface area (Å²) in [6, 6.07) is 7.60. The number of benzene rings is 1. The highest BCUT2D eigenvalue weighted by Crippen LogP contribution is 2.21. The zero-order chi connectivity index (χ0) is 26.2. The molecule has 0 aliphatic heterocycles. The quantitative estimate of drug-likeness (QED) is 0.0836. The minimum absolute atomic E-state index is 0.124. The van der Waals surface area contributed by atoms with Gasteiger partial charge in [-0.15, -0.1) is 0 Å². The van der Waals surface area contributed by atoms with Crippen LogP contribution < -0.4 is 10.5 Å². The summed E-state index contributed by atoms with van der Waals surface area (Å²) in [7, 11) is 1.56. The normalized spacial score (nSPS) is 15.3. The molecule has 0 saturated carbocycles. The molecule has 3 rings (SSSR count). The summed E-state index contributed by atoms with van der Waals surface area (Å²) < 4.78 is 12.7. The van der Waals surface area contributed by atoms with Crippen molar-refractivity contribution in [2.45, 2.75) is 37.5 Å². The molecule has 0 radical (unpaired) electrons. The van der Waals surface area contributed by atoms with Crippen LogP contribution in [0.3, 0.4) is 0 Å². The van der Waals surface area contributed by atoms with E-state index >= 15 is 0 Å². The van der Waals surface area contributed by atoms with Gasteiger partial charge in [0.25, 0.3) is 0 Å². The number of methoxy groups -OCH3 is 1. The van der Waals surface area contributed by atoms with Crippen LogP contribution in [0.5, 0.6) is 6.01 Å². The maximum Gasteiger partial charge on any atom is 0.320 e. The summed E-state index contributed by atoms with van der Waals surface area (Å²) >= 11 is 5.44. The Labute approximate surface area is 211 Å². The Morgan fingerprint density at radius 3 is 2.47 bits per heavy atom. The zero-order valence-electron chi connectivity index (χ0n) is 19.6. The first-order chi connectivity index (χ1) is 17.2. The van der Waals surface area contributed by atoms with E-state index in [1.54, 1.807) is 11.7 Å². The molecule has 0 aliphatic carbocycles. The second-order valence-corrected chi connectivity index (χ2v) is 8.36. The van der Waals surface area contributed by atoms with Crippen molar-refractivity contribution in [3.63, 3.8) is 0 Å². The van der Waals surface area contributed by atoms with Crippen LogP contribution >= 0.6 is 12.2 Å². The Balaban J connectivity index is 1.67. The largest absolute Gasteiger partial charge is 0.461 e. The zero-order valence-corrected chi connectivity index (χ0v) is 20.4. The standard InChI is InChI=1S/C22H30N6O7S/c1-34-6-7-35-21-26-19(23)16-20(27-21)28(22(36)25-16)10-13-4-2-12(3-5-13)8-24-9-14(30)17(32)18(33)15(31)11-29/h2-5,9,14-15,17-18,29-33H,6-8,10-11H2,1H3,(H,25,36)(H2,23,26,27). The lowest BCUT2D eigenvalue weighted by Gasteiger charge is -2.23. The highest BCUT2D eigenvalue weighted by molar-refractivity contribution is 7.71. The molecule has 0 bridgehead atoms. The van der Waals surface area contributed by atoms with Crippen LogP contribution in [0.2, 0.25) is 0 Å². The summed E-state index contributed by atoms with van der Waals surface area (Å²) in [6.07, 6.45) is -5.41. The van der Waals surface area contributed by atoms with Crippen LogP contribution in [-0.2, 0) is 17.8 Å². The number of aliphatic imine (C=N–C) groups is 1. The molecule has 2 aromatic heterocycles. The number of nitrogens with one attached hydrogen (secondary N) is 1. The Morgan fingerprint density at radius 2 is 1.81 bits per heavy atom. The number of imidazole rings is 1. The van der Waals surface area contributed by atoms with E-state index < -0.39 is 31.0 Å². The summed E-state index contributed by atoms with van der Waals surface area (Å²) in [5.41, 5.74) is 8.82. The molecule has 0 aliphatic rings. The molecule has 8 N–H and O–H groups in total. The molecule has 0 fully saturated rings. The van der Waals surface area contributed by atoms with Crippen LogP contribution in [0.1, 0.15) is 11.1 Å². The van der Waals surface area contributed by atoms with Gasteiger partial charge in [-0.05, 0) is 23.3 Å². The number of H-pyrrole nitrogens is 1. The maximum atomic E-state index is 9.91. The molecule has 196 valence electrons. The number of aromatic nitrogens is 4. The van der Waals surface area contributed by atoms with E-state index in [-0.39, 0.29) is 25.0 Å². The van der Waals surface area contributed by atoms with E-state index in [0.29, 0.717) is 29.1 Å². The van der Waals surface area contributed by atoms with E-state index in [0.717, 1.165) is 17.3 Å². The van der Waals surface area contributed by atoms with Gasteiger partial charge in [-0.2, -0.15) is 9.97 Å². The van der Waals surface area contributed by atoms with Crippen molar-refractivity contribution < 1.29 is 35.0 Å². The topological polar surface area (TPSA) is 204 Å². The van der Waals surface area contributed by atoms with Gasteiger partial charge in [0.05, 0.1) is 26.3 Å². The molecule has 0 spiro atoms. The van der Waals surface area contributed by atoms with Gasteiger partial charge in [-0.1, -0.05) is 24.3 Å². The number of nitrogen functional groups attached to an aromatic ring is 1. The molecule has 1 aromatic carbocycles. The predicted octanol–water partition coefficient (Wildman–Crippen LogP) is -0.849. The van der Waals surface area contributed by atoms with Gasteiger partial charge >= 0.3 is 6.01 Å². The molecular weight excluding hydrogens is 492 g/mol. The monoisotopic (exact) mass is 522 g/mol. The molecule has 0 amide bonds. The fourth-order valence-corrected chi connectivity index (χ4v) is 3.54. The molecule has 4 unspecified atom stereocenters. The first-order valence-electron chi connectivity index (χ1n) is 11.0. The summed E-state index contributed by atoms with van der Waals surface area (Å²) in [5, 5.41) is 47.6. The number of aliphatic hydroxyl groups excluding tert-OH is 5. The lowest BCUT2D eigenvalue weighted by molar-refractivity contribution is -0.0999. The number of aliphatic hydroxyl groups is 5. The second-order valence-electron chi connectivity index (χ2n) is 7.98. The average molecular weight is 523 g/mol. The molecule has 36 heavy (non-hydrogen) atoms. The third kappa shape index (κ3) is 6.82. The minimum Gasteiger partial charge on any atom is -0.461 e. The molecule has 2 heterocycles. The first kappa shape index (κ1) is 27.6. The number of ether oxygens (including phenoxy) is 2. The molecule has 3 aromatic rings. The van der Waals surface area contributed by atoms with Crippen molar-refractivity contribution in [3.05, 3.63) is 40.2 Å². The van der Waals surface area contributed by atoms with Crippen LogP contribution in [0.25, 0.3) is 11.2 Å². The summed E-state index contributed by atoms with van der Waals surface area (Å²) in [6.45, 7) is 0.526. The van der Waals surface area contributed by atoms with E-state index in [1.807, 2.05) is 24.3 Å². The number of anilines is 1. The van der Waals surface area contributed by atoms with Gasteiger partial charge < -0.3 is 45.7 Å². The molecular formula is C22H30N6O7S. The van der Waals surface area contributed by atoms with Crippen LogP contribution in [0, 0.1) is 4.77 Å². The molecule has 13 nitrogen and oxygen atoms in total. The average Bonchev–Trinajstić information content (AvgIpc) is 3.19. The highest BCUT2D eigenvalue weighted by atomic mass is 32.1. The highest BCUT2D eigenvalue weighted by Gasteiger charge is 2.29. The maximum absolute atomic E-state index is 9.91. The number of nitrogens with zero attached hydrogens (tertiary/aromatic N) is 4. The third-order valence-corrected chi connectivity index (χ3v) is 5.65. The van der Waals surface area contributed by atoms with Gasteiger partial charge in [-0.3, -0.25) is 9.56 Å². The molecule has 0 saturated heterocycles. The van der Waals surface area contributed by atoms with Crippen molar-refractivity contribution in [1.82, 2.24) is 19.5 Å². The Hall–Kier alpha value is -2.98. The Morgan fingerprint density at radius 1 is 1.11 bits per heavy atom.